The lowest BCUT2D eigenvalue weighted by atomic mass is 10.1. The first kappa shape index (κ1) is 19.9. The predicted octanol–water partition coefficient (Wildman–Crippen LogP) is 5.47. The summed E-state index contributed by atoms with van der Waals surface area (Å²) in [7, 11) is 0. The zero-order chi connectivity index (χ0) is 20.9. The Hall–Kier alpha value is -3.40. The van der Waals surface area contributed by atoms with Gasteiger partial charge in [-0.1, -0.05) is 60.2 Å². The van der Waals surface area contributed by atoms with Crippen LogP contribution in [0, 0.1) is 6.92 Å². The fourth-order valence-electron chi connectivity index (χ4n) is 3.80. The molecular formula is C26H27N3O. The highest BCUT2D eigenvalue weighted by Crippen LogP contribution is 2.22. The van der Waals surface area contributed by atoms with Crippen LogP contribution in [0.2, 0.25) is 0 Å². The maximum absolute atomic E-state index is 12.7. The van der Waals surface area contributed by atoms with Crippen molar-refractivity contribution in [1.29, 1.82) is 0 Å². The van der Waals surface area contributed by atoms with Gasteiger partial charge in [0.05, 0.1) is 17.1 Å². The highest BCUT2D eigenvalue weighted by Gasteiger charge is 2.19. The lowest BCUT2D eigenvalue weighted by Crippen LogP contribution is -2.28. The molecule has 0 spiro atoms. The summed E-state index contributed by atoms with van der Waals surface area (Å²) < 4.78 is 2.25. The standard InChI is InChI=1S/C26H27N3O/c1-19-14-16-22(17-15-19)26(30)27-20(2)25-28-23-12-6-7-13-24(23)29(25)18-8-11-21-9-4-3-5-10-21/h3-7,9-10,12-17,20H,8,11,18H2,1-2H3,(H,27,30). The monoisotopic (exact) mass is 397 g/mol. The quantitative estimate of drug-likeness (QED) is 0.450. The van der Waals surface area contributed by atoms with Crippen LogP contribution >= 0.6 is 0 Å². The molecule has 1 unspecified atom stereocenters. The number of aromatic nitrogens is 2. The third-order valence-electron chi connectivity index (χ3n) is 5.42. The van der Waals surface area contributed by atoms with E-state index in [0.29, 0.717) is 5.56 Å². The number of carbonyl (C=O) groups excluding carboxylic acids is 1. The van der Waals surface area contributed by atoms with Crippen molar-refractivity contribution in [3.05, 3.63) is 101 Å². The van der Waals surface area contributed by atoms with Crippen LogP contribution in [0.15, 0.2) is 78.9 Å². The third kappa shape index (κ3) is 4.43. The van der Waals surface area contributed by atoms with Crippen molar-refractivity contribution in [2.45, 2.75) is 39.3 Å². The molecule has 0 aliphatic heterocycles. The molecule has 0 aliphatic carbocycles. The van der Waals surface area contributed by atoms with E-state index in [1.165, 1.54) is 5.56 Å². The van der Waals surface area contributed by atoms with Crippen molar-refractivity contribution in [3.63, 3.8) is 0 Å². The second-order valence-electron chi connectivity index (χ2n) is 7.76. The fraction of sp³-hybridized carbons (Fsp3) is 0.231. The van der Waals surface area contributed by atoms with Crippen LogP contribution in [0.5, 0.6) is 0 Å². The molecule has 0 saturated heterocycles. The van der Waals surface area contributed by atoms with E-state index < -0.39 is 0 Å². The first-order chi connectivity index (χ1) is 14.6. The zero-order valence-corrected chi connectivity index (χ0v) is 17.5. The molecule has 1 aromatic heterocycles. The van der Waals surface area contributed by atoms with E-state index in [1.54, 1.807) is 0 Å². The number of fused-ring (bicyclic) bond motifs is 1. The number of amides is 1. The molecule has 152 valence electrons. The summed E-state index contributed by atoms with van der Waals surface area (Å²) in [6.45, 7) is 4.87. The predicted molar refractivity (Wildman–Crippen MR) is 122 cm³/mol. The maximum Gasteiger partial charge on any atom is 0.251 e. The van der Waals surface area contributed by atoms with Gasteiger partial charge in [0, 0.05) is 12.1 Å². The molecule has 4 nitrogen and oxygen atoms in total. The first-order valence-electron chi connectivity index (χ1n) is 10.5. The summed E-state index contributed by atoms with van der Waals surface area (Å²) in [4.78, 5) is 17.6. The Morgan fingerprint density at radius 2 is 1.67 bits per heavy atom. The Morgan fingerprint density at radius 3 is 2.43 bits per heavy atom. The summed E-state index contributed by atoms with van der Waals surface area (Å²) >= 11 is 0. The minimum absolute atomic E-state index is 0.0783. The van der Waals surface area contributed by atoms with Crippen molar-refractivity contribution in [2.24, 2.45) is 0 Å². The minimum atomic E-state index is -0.192. The minimum Gasteiger partial charge on any atom is -0.342 e. The Morgan fingerprint density at radius 1 is 0.967 bits per heavy atom. The normalized spacial score (nSPS) is 12.1. The molecule has 1 N–H and O–H groups in total. The Bertz CT molecular complexity index is 1130. The molecule has 0 bridgehead atoms. The molecule has 3 aromatic carbocycles. The van der Waals surface area contributed by atoms with Gasteiger partial charge in [-0.05, 0) is 56.5 Å². The number of hydrogen-bond acceptors (Lipinski definition) is 2. The molecule has 4 aromatic rings. The molecule has 1 heterocycles. The molecule has 0 aliphatic rings. The van der Waals surface area contributed by atoms with Crippen molar-refractivity contribution >= 4 is 16.9 Å². The van der Waals surface area contributed by atoms with Crippen LogP contribution in [0.3, 0.4) is 0 Å². The Balaban J connectivity index is 1.54. The smallest absolute Gasteiger partial charge is 0.251 e. The number of carbonyl (C=O) groups is 1. The summed E-state index contributed by atoms with van der Waals surface area (Å²) in [6, 6.07) is 26.1. The van der Waals surface area contributed by atoms with Crippen LogP contribution in [0.1, 0.15) is 46.7 Å². The molecule has 0 saturated carbocycles. The van der Waals surface area contributed by atoms with E-state index in [2.05, 4.69) is 40.2 Å². The molecule has 1 amide bonds. The van der Waals surface area contributed by atoms with Crippen molar-refractivity contribution in [3.8, 4) is 0 Å². The number of nitrogens with zero attached hydrogens (tertiary/aromatic N) is 2. The number of benzene rings is 3. The van der Waals surface area contributed by atoms with E-state index in [-0.39, 0.29) is 11.9 Å². The van der Waals surface area contributed by atoms with Crippen LogP contribution < -0.4 is 5.32 Å². The van der Waals surface area contributed by atoms with Gasteiger partial charge < -0.3 is 9.88 Å². The van der Waals surface area contributed by atoms with Gasteiger partial charge in [0.2, 0.25) is 0 Å². The van der Waals surface area contributed by atoms with Gasteiger partial charge >= 0.3 is 0 Å². The third-order valence-corrected chi connectivity index (χ3v) is 5.42. The van der Waals surface area contributed by atoms with Gasteiger partial charge in [0.25, 0.3) is 5.91 Å². The number of rotatable bonds is 7. The molecule has 0 fully saturated rings. The van der Waals surface area contributed by atoms with Crippen molar-refractivity contribution in [1.82, 2.24) is 14.9 Å². The second kappa shape index (κ2) is 8.95. The van der Waals surface area contributed by atoms with Crippen LogP contribution in [0.25, 0.3) is 11.0 Å². The van der Waals surface area contributed by atoms with E-state index in [1.807, 2.05) is 62.4 Å². The lowest BCUT2D eigenvalue weighted by molar-refractivity contribution is 0.0937. The van der Waals surface area contributed by atoms with Crippen LogP contribution in [-0.2, 0) is 13.0 Å². The van der Waals surface area contributed by atoms with Gasteiger partial charge in [0.15, 0.2) is 0 Å². The summed E-state index contributed by atoms with van der Waals surface area (Å²) in [5, 5.41) is 3.12. The number of nitrogens with one attached hydrogen (secondary N) is 1. The van der Waals surface area contributed by atoms with E-state index >= 15 is 0 Å². The van der Waals surface area contributed by atoms with Gasteiger partial charge in [-0.3, -0.25) is 4.79 Å². The number of aryl methyl sites for hydroxylation is 3. The van der Waals surface area contributed by atoms with E-state index in [4.69, 9.17) is 4.98 Å². The number of hydrogen-bond donors (Lipinski definition) is 1. The lowest BCUT2D eigenvalue weighted by Gasteiger charge is -2.16. The largest absolute Gasteiger partial charge is 0.342 e. The zero-order valence-electron chi connectivity index (χ0n) is 17.5. The van der Waals surface area contributed by atoms with Gasteiger partial charge in [-0.15, -0.1) is 0 Å². The number of imidazole rings is 1. The SMILES string of the molecule is Cc1ccc(C(=O)NC(C)c2nc3ccccc3n2CCCc2ccccc2)cc1. The Kier molecular flexibility index (Phi) is 5.94. The maximum atomic E-state index is 12.7. The van der Waals surface area contributed by atoms with E-state index in [0.717, 1.165) is 41.8 Å². The number of para-hydroxylation sites is 2. The summed E-state index contributed by atoms with van der Waals surface area (Å²) in [5.74, 6) is 0.815. The molecule has 30 heavy (non-hydrogen) atoms. The molecule has 0 radical (unpaired) electrons. The topological polar surface area (TPSA) is 46.9 Å². The highest BCUT2D eigenvalue weighted by atomic mass is 16.1. The van der Waals surface area contributed by atoms with E-state index in [9.17, 15) is 4.79 Å². The van der Waals surface area contributed by atoms with Crippen molar-refractivity contribution < 1.29 is 4.79 Å². The van der Waals surface area contributed by atoms with Gasteiger partial charge in [-0.2, -0.15) is 0 Å². The molecule has 4 rings (SSSR count). The van der Waals surface area contributed by atoms with Crippen LogP contribution in [0.4, 0.5) is 0 Å². The summed E-state index contributed by atoms with van der Waals surface area (Å²) in [5.41, 5.74) is 5.21. The summed E-state index contributed by atoms with van der Waals surface area (Å²) in [6.07, 6.45) is 2.02. The fourth-order valence-corrected chi connectivity index (χ4v) is 3.80. The molecule has 4 heteroatoms. The average Bonchev–Trinajstić information content (AvgIpc) is 3.14. The van der Waals surface area contributed by atoms with Gasteiger partial charge in [-0.25, -0.2) is 4.98 Å². The highest BCUT2D eigenvalue weighted by molar-refractivity contribution is 5.94. The van der Waals surface area contributed by atoms with Crippen LogP contribution in [-0.4, -0.2) is 15.5 Å². The van der Waals surface area contributed by atoms with Crippen molar-refractivity contribution in [2.75, 3.05) is 0 Å². The molecule has 1 atom stereocenters. The van der Waals surface area contributed by atoms with Gasteiger partial charge in [0.1, 0.15) is 5.82 Å². The average molecular weight is 398 g/mol. The Labute approximate surface area is 177 Å². The second-order valence-corrected chi connectivity index (χ2v) is 7.76. The molecular weight excluding hydrogens is 370 g/mol. The first-order valence-corrected chi connectivity index (χ1v) is 10.5.